The third-order valence-electron chi connectivity index (χ3n) is 2.88. The monoisotopic (exact) mass is 206 g/mol. The fourth-order valence-electron chi connectivity index (χ4n) is 1.92. The molecule has 0 saturated heterocycles. The van der Waals surface area contributed by atoms with Gasteiger partial charge in [-0.15, -0.1) is 0 Å². The Bertz CT molecular complexity index is 334. The van der Waals surface area contributed by atoms with Gasteiger partial charge in [0.2, 0.25) is 0 Å². The Morgan fingerprint density at radius 1 is 1.13 bits per heavy atom. The summed E-state index contributed by atoms with van der Waals surface area (Å²) in [5.74, 6) is 0.252. The predicted octanol–water partition coefficient (Wildman–Crippen LogP) is 2.84. The molecule has 0 fully saturated rings. The minimum atomic E-state index is -0.0147. The van der Waals surface area contributed by atoms with Crippen molar-refractivity contribution >= 4 is 11.6 Å². The highest BCUT2D eigenvalue weighted by Gasteiger charge is 2.22. The van der Waals surface area contributed by atoms with Gasteiger partial charge in [-0.1, -0.05) is 20.3 Å². The largest absolute Gasteiger partial charge is 0.290 e. The number of hydrogen-bond donors (Lipinski definition) is 0. The molecule has 1 rings (SSSR count). The molecule has 1 atom stereocenters. The molecular formula is C13H18O2. The second-order valence-corrected chi connectivity index (χ2v) is 4.05. The van der Waals surface area contributed by atoms with Gasteiger partial charge in [0.15, 0.2) is 11.6 Å². The lowest BCUT2D eigenvalue weighted by atomic mass is 9.84. The van der Waals surface area contributed by atoms with Crippen molar-refractivity contribution in [3.63, 3.8) is 0 Å². The third kappa shape index (κ3) is 2.65. The van der Waals surface area contributed by atoms with Crippen LogP contribution in [0.15, 0.2) is 23.3 Å². The average molecular weight is 206 g/mol. The second-order valence-electron chi connectivity index (χ2n) is 4.05. The van der Waals surface area contributed by atoms with Crippen LogP contribution in [0.2, 0.25) is 0 Å². The molecule has 0 bridgehead atoms. The molecule has 0 aromatic rings. The van der Waals surface area contributed by atoms with E-state index < -0.39 is 0 Å². The number of ketones is 2. The summed E-state index contributed by atoms with van der Waals surface area (Å²) in [6, 6.07) is 0. The maximum absolute atomic E-state index is 11.7. The molecule has 1 aliphatic carbocycles. The van der Waals surface area contributed by atoms with E-state index in [-0.39, 0.29) is 17.5 Å². The van der Waals surface area contributed by atoms with Crippen LogP contribution in [0.3, 0.4) is 0 Å². The van der Waals surface area contributed by atoms with Crippen LogP contribution in [0.4, 0.5) is 0 Å². The van der Waals surface area contributed by atoms with Gasteiger partial charge in [0.25, 0.3) is 0 Å². The van der Waals surface area contributed by atoms with E-state index in [9.17, 15) is 9.59 Å². The fourth-order valence-corrected chi connectivity index (χ4v) is 1.92. The van der Waals surface area contributed by atoms with Crippen LogP contribution in [0.25, 0.3) is 0 Å². The minimum absolute atomic E-state index is 0.0147. The zero-order valence-corrected chi connectivity index (χ0v) is 9.67. The summed E-state index contributed by atoms with van der Waals surface area (Å²) < 4.78 is 0. The molecule has 1 aliphatic rings. The summed E-state index contributed by atoms with van der Waals surface area (Å²) in [4.78, 5) is 23.2. The smallest absolute Gasteiger partial charge is 0.182 e. The molecule has 0 aromatic carbocycles. The molecule has 0 heterocycles. The van der Waals surface area contributed by atoms with E-state index in [2.05, 4.69) is 13.8 Å². The Kier molecular flexibility index (Phi) is 4.01. The van der Waals surface area contributed by atoms with Gasteiger partial charge in [0.05, 0.1) is 0 Å². The van der Waals surface area contributed by atoms with E-state index in [1.807, 2.05) is 0 Å². The van der Waals surface area contributed by atoms with E-state index in [0.717, 1.165) is 19.3 Å². The van der Waals surface area contributed by atoms with Crippen LogP contribution in [0.1, 0.15) is 40.0 Å². The molecule has 2 nitrogen and oxygen atoms in total. The highest BCUT2D eigenvalue weighted by molar-refractivity contribution is 6.19. The quantitative estimate of drug-likeness (QED) is 0.663. The van der Waals surface area contributed by atoms with Crippen molar-refractivity contribution in [2.45, 2.75) is 40.0 Å². The normalized spacial score (nSPS) is 18.6. The molecule has 0 saturated carbocycles. The van der Waals surface area contributed by atoms with E-state index in [1.54, 1.807) is 6.92 Å². The van der Waals surface area contributed by atoms with E-state index in [1.165, 1.54) is 12.2 Å². The molecule has 0 radical (unpaired) electrons. The van der Waals surface area contributed by atoms with Gasteiger partial charge in [-0.3, -0.25) is 9.59 Å². The van der Waals surface area contributed by atoms with Gasteiger partial charge in [0.1, 0.15) is 0 Å². The summed E-state index contributed by atoms with van der Waals surface area (Å²) in [6.45, 7) is 5.85. The topological polar surface area (TPSA) is 34.1 Å². The summed E-state index contributed by atoms with van der Waals surface area (Å²) in [6.07, 6.45) is 5.94. The van der Waals surface area contributed by atoms with Gasteiger partial charge < -0.3 is 0 Å². The Labute approximate surface area is 91.1 Å². The molecule has 15 heavy (non-hydrogen) atoms. The SMILES string of the molecule is CCCC(CC)C1=CC(=O)C(C)=CC1=O. The lowest BCUT2D eigenvalue weighted by Crippen LogP contribution is -2.18. The number of rotatable bonds is 4. The average Bonchev–Trinajstić information content (AvgIpc) is 2.20. The molecule has 1 unspecified atom stereocenters. The summed E-state index contributed by atoms with van der Waals surface area (Å²) in [5.41, 5.74) is 1.25. The van der Waals surface area contributed by atoms with Gasteiger partial charge in [-0.05, 0) is 37.8 Å². The maximum atomic E-state index is 11.7. The Hall–Kier alpha value is -1.18. The summed E-state index contributed by atoms with van der Waals surface area (Å²) in [7, 11) is 0. The predicted molar refractivity (Wildman–Crippen MR) is 60.5 cm³/mol. The molecule has 0 spiro atoms. The molecule has 0 aromatic heterocycles. The lowest BCUT2D eigenvalue weighted by Gasteiger charge is -2.18. The van der Waals surface area contributed by atoms with Crippen molar-refractivity contribution in [2.75, 3.05) is 0 Å². The van der Waals surface area contributed by atoms with Crippen LogP contribution >= 0.6 is 0 Å². The molecule has 0 amide bonds. The Balaban J connectivity index is 2.90. The van der Waals surface area contributed by atoms with Gasteiger partial charge in [-0.25, -0.2) is 0 Å². The standard InChI is InChI=1S/C13H18O2/c1-4-6-10(5-2)11-8-12(14)9(3)7-13(11)15/h7-8,10H,4-6H2,1-3H3. The lowest BCUT2D eigenvalue weighted by molar-refractivity contribution is -0.115. The van der Waals surface area contributed by atoms with E-state index in [0.29, 0.717) is 11.1 Å². The zero-order valence-electron chi connectivity index (χ0n) is 9.67. The zero-order chi connectivity index (χ0) is 11.4. The van der Waals surface area contributed by atoms with Crippen LogP contribution in [0, 0.1) is 5.92 Å². The summed E-state index contributed by atoms with van der Waals surface area (Å²) >= 11 is 0. The van der Waals surface area contributed by atoms with Crippen molar-refractivity contribution in [2.24, 2.45) is 5.92 Å². The molecule has 2 heteroatoms. The van der Waals surface area contributed by atoms with Crippen molar-refractivity contribution in [3.8, 4) is 0 Å². The Morgan fingerprint density at radius 3 is 2.33 bits per heavy atom. The second kappa shape index (κ2) is 5.06. The highest BCUT2D eigenvalue weighted by Crippen LogP contribution is 2.25. The highest BCUT2D eigenvalue weighted by atomic mass is 16.1. The molecule has 0 aliphatic heterocycles. The molecular weight excluding hydrogens is 188 g/mol. The first-order valence-electron chi connectivity index (χ1n) is 5.58. The number of carbonyl (C=O) groups excluding carboxylic acids is 2. The number of allylic oxidation sites excluding steroid dienone is 4. The molecule has 0 N–H and O–H groups in total. The minimum Gasteiger partial charge on any atom is -0.290 e. The van der Waals surface area contributed by atoms with Crippen molar-refractivity contribution in [3.05, 3.63) is 23.3 Å². The van der Waals surface area contributed by atoms with Gasteiger partial charge >= 0.3 is 0 Å². The van der Waals surface area contributed by atoms with E-state index >= 15 is 0 Å². The first-order chi connectivity index (χ1) is 7.10. The fraction of sp³-hybridized carbons (Fsp3) is 0.538. The molecule has 82 valence electrons. The number of carbonyl (C=O) groups is 2. The first-order valence-corrected chi connectivity index (χ1v) is 5.58. The third-order valence-corrected chi connectivity index (χ3v) is 2.88. The number of hydrogen-bond acceptors (Lipinski definition) is 2. The van der Waals surface area contributed by atoms with E-state index in [4.69, 9.17) is 0 Å². The van der Waals surface area contributed by atoms with Crippen LogP contribution < -0.4 is 0 Å². The van der Waals surface area contributed by atoms with Crippen LogP contribution in [0.5, 0.6) is 0 Å². The first kappa shape index (κ1) is 11.9. The van der Waals surface area contributed by atoms with Crippen molar-refractivity contribution in [1.29, 1.82) is 0 Å². The van der Waals surface area contributed by atoms with Crippen LogP contribution in [-0.2, 0) is 9.59 Å². The van der Waals surface area contributed by atoms with Crippen molar-refractivity contribution < 1.29 is 9.59 Å². The maximum Gasteiger partial charge on any atom is 0.182 e. The van der Waals surface area contributed by atoms with Crippen molar-refractivity contribution in [1.82, 2.24) is 0 Å². The van der Waals surface area contributed by atoms with Gasteiger partial charge in [0, 0.05) is 11.1 Å². The van der Waals surface area contributed by atoms with Gasteiger partial charge in [-0.2, -0.15) is 0 Å². The Morgan fingerprint density at radius 2 is 1.80 bits per heavy atom. The summed E-state index contributed by atoms with van der Waals surface area (Å²) in [5, 5.41) is 0. The van der Waals surface area contributed by atoms with Crippen LogP contribution in [-0.4, -0.2) is 11.6 Å².